The van der Waals surface area contributed by atoms with Gasteiger partial charge in [-0.2, -0.15) is 4.98 Å². The Labute approximate surface area is 112 Å². The molecule has 1 heterocycles. The van der Waals surface area contributed by atoms with Crippen LogP contribution in [-0.2, 0) is 6.54 Å². The van der Waals surface area contributed by atoms with Crippen molar-refractivity contribution < 1.29 is 0 Å². The Balaban J connectivity index is 2.08. The van der Waals surface area contributed by atoms with Gasteiger partial charge in [0, 0.05) is 12.7 Å². The Morgan fingerprint density at radius 2 is 2.00 bits per heavy atom. The summed E-state index contributed by atoms with van der Waals surface area (Å²) in [6.45, 7) is 0.726. The zero-order valence-corrected chi connectivity index (χ0v) is 11.2. The average molecular weight is 346 g/mol. The van der Waals surface area contributed by atoms with Crippen molar-refractivity contribution in [1.29, 1.82) is 0 Å². The Hall–Kier alpha value is -0.880. The van der Waals surface area contributed by atoms with Gasteiger partial charge in [0.15, 0.2) is 0 Å². The molecule has 5 heteroatoms. The summed E-state index contributed by atoms with van der Waals surface area (Å²) in [5, 5.41) is 3.49. The van der Waals surface area contributed by atoms with Crippen LogP contribution in [0.15, 0.2) is 36.5 Å². The predicted octanol–water partition coefficient (Wildman–Crippen LogP) is 3.35. The van der Waals surface area contributed by atoms with E-state index < -0.39 is 0 Å². The highest BCUT2D eigenvalue weighted by atomic mass is 127. The number of nitrogens with zero attached hydrogens (tertiary/aromatic N) is 2. The van der Waals surface area contributed by atoms with Crippen LogP contribution in [0.4, 0.5) is 5.82 Å². The molecule has 0 aliphatic heterocycles. The number of hydrogen-bond acceptors (Lipinski definition) is 3. The molecule has 0 saturated heterocycles. The fourth-order valence-corrected chi connectivity index (χ4v) is 1.84. The van der Waals surface area contributed by atoms with Gasteiger partial charge >= 0.3 is 0 Å². The lowest BCUT2D eigenvalue weighted by Crippen LogP contribution is -2.03. The van der Waals surface area contributed by atoms with E-state index in [1.165, 1.54) is 5.56 Å². The van der Waals surface area contributed by atoms with E-state index in [2.05, 4.69) is 50.0 Å². The van der Waals surface area contributed by atoms with Gasteiger partial charge in [-0.05, 0) is 39.8 Å². The molecular weight excluding hydrogens is 336 g/mol. The van der Waals surface area contributed by atoms with Gasteiger partial charge in [-0.1, -0.05) is 30.3 Å². The first-order valence-corrected chi connectivity index (χ1v) is 6.17. The summed E-state index contributed by atoms with van der Waals surface area (Å²) in [5.41, 5.74) is 1.20. The Morgan fingerprint density at radius 1 is 1.25 bits per heavy atom. The van der Waals surface area contributed by atoms with Crippen LogP contribution in [0.25, 0.3) is 0 Å². The van der Waals surface area contributed by atoms with Crippen molar-refractivity contribution >= 4 is 40.0 Å². The lowest BCUT2D eigenvalue weighted by atomic mass is 10.2. The van der Waals surface area contributed by atoms with E-state index in [0.717, 1.165) is 15.9 Å². The van der Waals surface area contributed by atoms with E-state index in [1.54, 1.807) is 6.20 Å². The molecular formula is C11H9ClIN3. The first kappa shape index (κ1) is 11.6. The number of benzene rings is 1. The van der Waals surface area contributed by atoms with Crippen LogP contribution in [0, 0.1) is 3.57 Å². The molecule has 1 N–H and O–H groups in total. The number of aromatic nitrogens is 2. The SMILES string of the molecule is Clc1ncc(I)c(NCc2ccccc2)n1. The van der Waals surface area contributed by atoms with E-state index in [0.29, 0.717) is 0 Å². The summed E-state index contributed by atoms with van der Waals surface area (Å²) >= 11 is 7.91. The fraction of sp³-hybridized carbons (Fsp3) is 0.0909. The third-order valence-electron chi connectivity index (χ3n) is 2.02. The summed E-state index contributed by atoms with van der Waals surface area (Å²) < 4.78 is 0.956. The summed E-state index contributed by atoms with van der Waals surface area (Å²) in [7, 11) is 0. The van der Waals surface area contributed by atoms with E-state index >= 15 is 0 Å². The van der Waals surface area contributed by atoms with Crippen LogP contribution in [0.2, 0.25) is 5.28 Å². The van der Waals surface area contributed by atoms with Crippen LogP contribution < -0.4 is 5.32 Å². The molecule has 0 unspecified atom stereocenters. The fourth-order valence-electron chi connectivity index (χ4n) is 1.25. The highest BCUT2D eigenvalue weighted by Gasteiger charge is 2.02. The molecule has 0 fully saturated rings. The third kappa shape index (κ3) is 3.05. The van der Waals surface area contributed by atoms with Gasteiger partial charge in [0.1, 0.15) is 5.82 Å². The minimum atomic E-state index is 0.260. The number of nitrogens with one attached hydrogen (secondary N) is 1. The first-order chi connectivity index (χ1) is 7.75. The zero-order valence-electron chi connectivity index (χ0n) is 8.32. The molecule has 0 atom stereocenters. The van der Waals surface area contributed by atoms with Crippen molar-refractivity contribution in [3.63, 3.8) is 0 Å². The van der Waals surface area contributed by atoms with Crippen molar-refractivity contribution in [2.45, 2.75) is 6.54 Å². The van der Waals surface area contributed by atoms with Crippen molar-refractivity contribution in [1.82, 2.24) is 9.97 Å². The van der Waals surface area contributed by atoms with Gasteiger partial charge in [0.25, 0.3) is 0 Å². The third-order valence-corrected chi connectivity index (χ3v) is 2.99. The summed E-state index contributed by atoms with van der Waals surface area (Å²) in [4.78, 5) is 8.02. The lowest BCUT2D eigenvalue weighted by Gasteiger charge is -2.07. The average Bonchev–Trinajstić information content (AvgIpc) is 2.32. The van der Waals surface area contributed by atoms with Crippen molar-refractivity contribution in [2.75, 3.05) is 5.32 Å². The number of anilines is 1. The maximum Gasteiger partial charge on any atom is 0.224 e. The standard InChI is InChI=1S/C11H9ClIN3/c12-11-15-7-9(13)10(16-11)14-6-8-4-2-1-3-5-8/h1-5,7H,6H2,(H,14,15,16). The Morgan fingerprint density at radius 3 is 2.75 bits per heavy atom. The van der Waals surface area contributed by atoms with Crippen LogP contribution >= 0.6 is 34.2 Å². The molecule has 0 aliphatic rings. The topological polar surface area (TPSA) is 37.8 Å². The van der Waals surface area contributed by atoms with E-state index in [-0.39, 0.29) is 5.28 Å². The highest BCUT2D eigenvalue weighted by molar-refractivity contribution is 14.1. The Bertz CT molecular complexity index is 476. The molecule has 0 bridgehead atoms. The largest absolute Gasteiger partial charge is 0.365 e. The van der Waals surface area contributed by atoms with Crippen LogP contribution in [0.3, 0.4) is 0 Å². The van der Waals surface area contributed by atoms with Gasteiger partial charge in [-0.25, -0.2) is 4.98 Å². The molecule has 0 aliphatic carbocycles. The lowest BCUT2D eigenvalue weighted by molar-refractivity contribution is 1.07. The van der Waals surface area contributed by atoms with Crippen molar-refractivity contribution in [2.24, 2.45) is 0 Å². The summed E-state index contributed by atoms with van der Waals surface area (Å²) in [6, 6.07) is 10.1. The first-order valence-electron chi connectivity index (χ1n) is 4.71. The molecule has 82 valence electrons. The molecule has 1 aromatic carbocycles. The molecule has 2 aromatic rings. The zero-order chi connectivity index (χ0) is 11.4. The normalized spacial score (nSPS) is 10.1. The van der Waals surface area contributed by atoms with Gasteiger partial charge < -0.3 is 5.32 Å². The van der Waals surface area contributed by atoms with E-state index in [1.807, 2.05) is 18.2 Å². The van der Waals surface area contributed by atoms with Gasteiger partial charge in [0.05, 0.1) is 3.57 Å². The van der Waals surface area contributed by atoms with Crippen molar-refractivity contribution in [3.05, 3.63) is 50.9 Å². The van der Waals surface area contributed by atoms with Gasteiger partial charge in [0.2, 0.25) is 5.28 Å². The number of hydrogen-bond donors (Lipinski definition) is 1. The van der Waals surface area contributed by atoms with Gasteiger partial charge in [-0.3, -0.25) is 0 Å². The van der Waals surface area contributed by atoms with E-state index in [9.17, 15) is 0 Å². The molecule has 2 rings (SSSR count). The van der Waals surface area contributed by atoms with Crippen molar-refractivity contribution in [3.8, 4) is 0 Å². The minimum Gasteiger partial charge on any atom is -0.365 e. The molecule has 16 heavy (non-hydrogen) atoms. The van der Waals surface area contributed by atoms with E-state index in [4.69, 9.17) is 11.6 Å². The second-order valence-electron chi connectivity index (χ2n) is 3.17. The summed E-state index contributed by atoms with van der Waals surface area (Å²) in [5.74, 6) is 0.768. The maximum absolute atomic E-state index is 5.73. The maximum atomic E-state index is 5.73. The minimum absolute atomic E-state index is 0.260. The van der Waals surface area contributed by atoms with Gasteiger partial charge in [-0.15, -0.1) is 0 Å². The van der Waals surface area contributed by atoms with Crippen LogP contribution in [0.1, 0.15) is 5.56 Å². The molecule has 0 amide bonds. The number of rotatable bonds is 3. The smallest absolute Gasteiger partial charge is 0.224 e. The predicted molar refractivity (Wildman–Crippen MR) is 73.5 cm³/mol. The second kappa shape index (κ2) is 5.45. The summed E-state index contributed by atoms with van der Waals surface area (Å²) in [6.07, 6.45) is 1.70. The molecule has 1 aromatic heterocycles. The quantitative estimate of drug-likeness (QED) is 0.685. The number of halogens is 2. The van der Waals surface area contributed by atoms with Crippen LogP contribution in [-0.4, -0.2) is 9.97 Å². The van der Waals surface area contributed by atoms with Crippen LogP contribution in [0.5, 0.6) is 0 Å². The molecule has 0 saturated carbocycles. The monoisotopic (exact) mass is 345 g/mol. The molecule has 0 spiro atoms. The highest BCUT2D eigenvalue weighted by Crippen LogP contribution is 2.16. The molecule has 0 radical (unpaired) electrons. The molecule has 3 nitrogen and oxygen atoms in total. The Kier molecular flexibility index (Phi) is 3.95. The second-order valence-corrected chi connectivity index (χ2v) is 4.67.